The van der Waals surface area contributed by atoms with Gasteiger partial charge in [-0.25, -0.2) is 4.79 Å². The van der Waals surface area contributed by atoms with Gasteiger partial charge in [0.25, 0.3) is 0 Å². The average Bonchev–Trinajstić information content (AvgIpc) is 2.83. The Kier molecular flexibility index (Phi) is 4.16. The van der Waals surface area contributed by atoms with Gasteiger partial charge in [0.15, 0.2) is 12.4 Å². The number of carbonyl (C=O) groups excluding carboxylic acids is 3. The number of hydrogen-bond acceptors (Lipinski definition) is 4. The van der Waals surface area contributed by atoms with Crippen LogP contribution in [0.2, 0.25) is 5.02 Å². The van der Waals surface area contributed by atoms with Crippen molar-refractivity contribution in [2.24, 2.45) is 0 Å². The Morgan fingerprint density at radius 1 is 1.32 bits per heavy atom. The van der Waals surface area contributed by atoms with E-state index in [2.05, 4.69) is 5.32 Å². The van der Waals surface area contributed by atoms with E-state index in [1.165, 1.54) is 0 Å². The third kappa shape index (κ3) is 3.54. The molecule has 0 saturated carbocycles. The molecule has 100 valence electrons. The molecule has 1 aromatic carbocycles. The number of ether oxygens (including phenoxy) is 1. The lowest BCUT2D eigenvalue weighted by molar-refractivity contribution is -0.145. The van der Waals surface area contributed by atoms with Crippen molar-refractivity contribution in [1.29, 1.82) is 0 Å². The van der Waals surface area contributed by atoms with E-state index in [-0.39, 0.29) is 18.3 Å². The third-order valence-corrected chi connectivity index (χ3v) is 3.04. The quantitative estimate of drug-likeness (QED) is 0.668. The number of ketones is 1. The molecular formula is C13H12ClNO4. The summed E-state index contributed by atoms with van der Waals surface area (Å²) in [5, 5.41) is 3.01. The molecule has 0 aliphatic carbocycles. The second-order valence-electron chi connectivity index (χ2n) is 4.20. The van der Waals surface area contributed by atoms with Gasteiger partial charge in [-0.3, -0.25) is 9.59 Å². The van der Waals surface area contributed by atoms with E-state index in [4.69, 9.17) is 16.3 Å². The van der Waals surface area contributed by atoms with Crippen molar-refractivity contribution in [1.82, 2.24) is 5.32 Å². The minimum absolute atomic E-state index is 0.175. The summed E-state index contributed by atoms with van der Waals surface area (Å²) in [5.41, 5.74) is 0.424. The van der Waals surface area contributed by atoms with E-state index in [0.29, 0.717) is 23.4 Å². The number of esters is 1. The summed E-state index contributed by atoms with van der Waals surface area (Å²) in [4.78, 5) is 34.3. The van der Waals surface area contributed by atoms with E-state index in [1.807, 2.05) is 0 Å². The van der Waals surface area contributed by atoms with Crippen LogP contribution in [0.3, 0.4) is 0 Å². The van der Waals surface area contributed by atoms with E-state index >= 15 is 0 Å². The van der Waals surface area contributed by atoms with E-state index < -0.39 is 12.0 Å². The highest BCUT2D eigenvalue weighted by molar-refractivity contribution is 6.30. The molecule has 1 N–H and O–H groups in total. The second-order valence-corrected chi connectivity index (χ2v) is 4.63. The summed E-state index contributed by atoms with van der Waals surface area (Å²) in [5.74, 6) is -1.06. The number of Topliss-reactive ketones (excluding diaryl/α,β-unsaturated/α-hetero) is 1. The minimum Gasteiger partial charge on any atom is -0.456 e. The lowest BCUT2D eigenvalue weighted by Crippen LogP contribution is -2.35. The molecule has 2 rings (SSSR count). The summed E-state index contributed by atoms with van der Waals surface area (Å²) in [6.07, 6.45) is 0.720. The zero-order valence-corrected chi connectivity index (χ0v) is 10.8. The molecule has 1 amide bonds. The van der Waals surface area contributed by atoms with Gasteiger partial charge in [-0.2, -0.15) is 0 Å². The standard InChI is InChI=1S/C13H12ClNO4/c14-9-3-1-8(2-4-9)11(16)7-19-13(18)10-5-6-12(17)15-10/h1-4,10H,5-7H2,(H,15,17)/t10-/m1/s1. The first-order valence-corrected chi connectivity index (χ1v) is 6.19. The molecule has 0 bridgehead atoms. The van der Waals surface area contributed by atoms with Crippen LogP contribution < -0.4 is 5.32 Å². The highest BCUT2D eigenvalue weighted by atomic mass is 35.5. The van der Waals surface area contributed by atoms with Crippen molar-refractivity contribution < 1.29 is 19.1 Å². The van der Waals surface area contributed by atoms with Gasteiger partial charge in [0, 0.05) is 17.0 Å². The van der Waals surface area contributed by atoms with E-state index in [9.17, 15) is 14.4 Å². The number of carbonyl (C=O) groups is 3. The van der Waals surface area contributed by atoms with Crippen molar-refractivity contribution in [3.8, 4) is 0 Å². The molecule has 1 aliphatic rings. The first-order valence-electron chi connectivity index (χ1n) is 5.81. The summed E-state index contributed by atoms with van der Waals surface area (Å²) < 4.78 is 4.88. The molecule has 1 aromatic rings. The number of halogens is 1. The summed E-state index contributed by atoms with van der Waals surface area (Å²) in [6.45, 7) is -0.340. The zero-order valence-electron chi connectivity index (χ0n) is 10.0. The number of hydrogen-bond donors (Lipinski definition) is 1. The predicted octanol–water partition coefficient (Wildman–Crippen LogP) is 1.34. The fraction of sp³-hybridized carbons (Fsp3) is 0.308. The largest absolute Gasteiger partial charge is 0.456 e. The molecule has 6 heteroatoms. The molecule has 19 heavy (non-hydrogen) atoms. The molecule has 0 spiro atoms. The molecule has 1 saturated heterocycles. The number of rotatable bonds is 4. The Bertz CT molecular complexity index is 512. The topological polar surface area (TPSA) is 72.5 Å². The highest BCUT2D eigenvalue weighted by Gasteiger charge is 2.28. The van der Waals surface area contributed by atoms with Crippen LogP contribution in [-0.4, -0.2) is 30.3 Å². The van der Waals surface area contributed by atoms with Crippen molar-refractivity contribution in [2.75, 3.05) is 6.61 Å². The van der Waals surface area contributed by atoms with Gasteiger partial charge in [-0.1, -0.05) is 11.6 Å². The fourth-order valence-corrected chi connectivity index (χ4v) is 1.87. The van der Waals surface area contributed by atoms with Crippen LogP contribution in [0.25, 0.3) is 0 Å². The third-order valence-electron chi connectivity index (χ3n) is 2.79. The van der Waals surface area contributed by atoms with Crippen LogP contribution in [0.15, 0.2) is 24.3 Å². The van der Waals surface area contributed by atoms with Gasteiger partial charge in [0.2, 0.25) is 5.91 Å². The van der Waals surface area contributed by atoms with Gasteiger partial charge in [0.1, 0.15) is 6.04 Å². The van der Waals surface area contributed by atoms with E-state index in [1.54, 1.807) is 24.3 Å². The molecule has 0 aromatic heterocycles. The summed E-state index contributed by atoms with van der Waals surface area (Å²) in [6, 6.07) is 5.68. The summed E-state index contributed by atoms with van der Waals surface area (Å²) in [7, 11) is 0. The van der Waals surface area contributed by atoms with Gasteiger partial charge < -0.3 is 10.1 Å². The lowest BCUT2D eigenvalue weighted by Gasteiger charge is -2.09. The van der Waals surface area contributed by atoms with Gasteiger partial charge >= 0.3 is 5.97 Å². The molecule has 5 nitrogen and oxygen atoms in total. The van der Waals surface area contributed by atoms with Crippen molar-refractivity contribution >= 4 is 29.3 Å². The molecule has 1 fully saturated rings. The van der Waals surface area contributed by atoms with Crippen molar-refractivity contribution in [3.63, 3.8) is 0 Å². The second kappa shape index (κ2) is 5.84. The predicted molar refractivity (Wildman–Crippen MR) is 67.9 cm³/mol. The monoisotopic (exact) mass is 281 g/mol. The minimum atomic E-state index is -0.634. The Morgan fingerprint density at radius 3 is 2.58 bits per heavy atom. The van der Waals surface area contributed by atoms with E-state index in [0.717, 1.165) is 0 Å². The Labute approximate surface area is 114 Å². The van der Waals surface area contributed by atoms with Crippen LogP contribution in [0.1, 0.15) is 23.2 Å². The average molecular weight is 282 g/mol. The molecule has 1 aliphatic heterocycles. The van der Waals surface area contributed by atoms with Crippen LogP contribution in [0.5, 0.6) is 0 Å². The number of nitrogens with one attached hydrogen (secondary N) is 1. The molecule has 1 heterocycles. The van der Waals surface area contributed by atoms with Gasteiger partial charge in [-0.05, 0) is 30.7 Å². The molecular weight excluding hydrogens is 270 g/mol. The van der Waals surface area contributed by atoms with Crippen LogP contribution >= 0.6 is 11.6 Å². The first-order chi connectivity index (χ1) is 9.06. The maximum Gasteiger partial charge on any atom is 0.329 e. The van der Waals surface area contributed by atoms with Crippen molar-refractivity contribution in [2.45, 2.75) is 18.9 Å². The molecule has 0 radical (unpaired) electrons. The maximum absolute atomic E-state index is 11.7. The van der Waals surface area contributed by atoms with Gasteiger partial charge in [0.05, 0.1) is 0 Å². The normalized spacial score (nSPS) is 17.9. The zero-order chi connectivity index (χ0) is 13.8. The Hall–Kier alpha value is -1.88. The lowest BCUT2D eigenvalue weighted by atomic mass is 10.1. The maximum atomic E-state index is 11.7. The summed E-state index contributed by atoms with van der Waals surface area (Å²) >= 11 is 5.71. The first kappa shape index (κ1) is 13.5. The molecule has 1 atom stereocenters. The van der Waals surface area contributed by atoms with Gasteiger partial charge in [-0.15, -0.1) is 0 Å². The number of amides is 1. The number of benzene rings is 1. The Balaban J connectivity index is 1.85. The molecule has 0 unspecified atom stereocenters. The van der Waals surface area contributed by atoms with Crippen LogP contribution in [0, 0.1) is 0 Å². The smallest absolute Gasteiger partial charge is 0.329 e. The highest BCUT2D eigenvalue weighted by Crippen LogP contribution is 2.11. The Morgan fingerprint density at radius 2 is 2.00 bits per heavy atom. The van der Waals surface area contributed by atoms with Crippen molar-refractivity contribution in [3.05, 3.63) is 34.9 Å². The fourth-order valence-electron chi connectivity index (χ4n) is 1.75. The van der Waals surface area contributed by atoms with Crippen LogP contribution in [0.4, 0.5) is 0 Å². The SMILES string of the molecule is O=C1CC[C@H](C(=O)OCC(=O)c2ccc(Cl)cc2)N1. The van der Waals surface area contributed by atoms with Crippen LogP contribution in [-0.2, 0) is 14.3 Å².